The van der Waals surface area contributed by atoms with Crippen molar-refractivity contribution in [1.29, 1.82) is 0 Å². The summed E-state index contributed by atoms with van der Waals surface area (Å²) in [7, 11) is 0. The van der Waals surface area contributed by atoms with Gasteiger partial charge in [-0.05, 0) is 37.1 Å². The third kappa shape index (κ3) is 2.94. The zero-order valence-corrected chi connectivity index (χ0v) is 12.0. The van der Waals surface area contributed by atoms with Crippen molar-refractivity contribution < 1.29 is 0 Å². The Morgan fingerprint density at radius 1 is 1.10 bits per heavy atom. The van der Waals surface area contributed by atoms with Gasteiger partial charge in [-0.15, -0.1) is 0 Å². The minimum absolute atomic E-state index is 0.677. The number of rotatable bonds is 4. The molecule has 0 fully saturated rings. The van der Waals surface area contributed by atoms with Crippen molar-refractivity contribution in [3.05, 3.63) is 59.9 Å². The van der Waals surface area contributed by atoms with Crippen molar-refractivity contribution in [3.63, 3.8) is 0 Å². The zero-order chi connectivity index (χ0) is 14.7. The van der Waals surface area contributed by atoms with Crippen LogP contribution in [-0.2, 0) is 6.42 Å². The Hall–Kier alpha value is -2.62. The molecule has 21 heavy (non-hydrogen) atoms. The average Bonchev–Trinajstić information content (AvgIpc) is 2.51. The molecule has 4 nitrogen and oxygen atoms in total. The lowest BCUT2D eigenvalue weighted by molar-refractivity contribution is 1.01. The molecule has 106 valence electrons. The summed E-state index contributed by atoms with van der Waals surface area (Å²) in [5.74, 6) is 0.753. The largest absolute Gasteiger partial charge is 0.396 e. The van der Waals surface area contributed by atoms with Gasteiger partial charge >= 0.3 is 0 Å². The molecule has 0 atom stereocenters. The average molecular weight is 278 g/mol. The molecule has 0 bridgehead atoms. The predicted octanol–water partition coefficient (Wildman–Crippen LogP) is 3.18. The third-order valence-electron chi connectivity index (χ3n) is 3.47. The van der Waals surface area contributed by atoms with Gasteiger partial charge in [-0.25, -0.2) is 4.98 Å². The van der Waals surface area contributed by atoms with E-state index in [0.717, 1.165) is 30.0 Å². The van der Waals surface area contributed by atoms with Crippen molar-refractivity contribution in [2.75, 3.05) is 17.6 Å². The number of nitrogens with two attached hydrogens (primary N) is 1. The fourth-order valence-electron chi connectivity index (χ4n) is 2.39. The molecule has 0 aliphatic carbocycles. The van der Waals surface area contributed by atoms with Crippen molar-refractivity contribution in [3.8, 4) is 0 Å². The van der Waals surface area contributed by atoms with E-state index >= 15 is 0 Å². The number of nitrogens with one attached hydrogen (secondary N) is 1. The maximum Gasteiger partial charge on any atom is 0.149 e. The maximum atomic E-state index is 5.92. The minimum Gasteiger partial charge on any atom is -0.396 e. The number of fused-ring (bicyclic) bond motifs is 1. The molecule has 2 heterocycles. The zero-order valence-electron chi connectivity index (χ0n) is 12.0. The summed E-state index contributed by atoms with van der Waals surface area (Å²) in [5.41, 5.74) is 9.85. The smallest absolute Gasteiger partial charge is 0.149 e. The topological polar surface area (TPSA) is 63.8 Å². The highest BCUT2D eigenvalue weighted by Crippen LogP contribution is 2.18. The Bertz CT molecular complexity index is 762. The van der Waals surface area contributed by atoms with Crippen LogP contribution in [-0.4, -0.2) is 16.5 Å². The highest BCUT2D eigenvalue weighted by molar-refractivity contribution is 5.81. The van der Waals surface area contributed by atoms with Crippen LogP contribution in [0.25, 0.3) is 10.9 Å². The number of anilines is 2. The summed E-state index contributed by atoms with van der Waals surface area (Å²) >= 11 is 0. The molecule has 2 aromatic heterocycles. The van der Waals surface area contributed by atoms with Gasteiger partial charge in [-0.2, -0.15) is 0 Å². The van der Waals surface area contributed by atoms with Crippen LogP contribution < -0.4 is 11.1 Å². The quantitative estimate of drug-likeness (QED) is 0.769. The number of hydrogen-bond acceptors (Lipinski definition) is 4. The Kier molecular flexibility index (Phi) is 3.69. The van der Waals surface area contributed by atoms with E-state index in [1.54, 1.807) is 0 Å². The number of aromatic nitrogens is 2. The van der Waals surface area contributed by atoms with Gasteiger partial charge in [0.05, 0.1) is 11.2 Å². The molecule has 0 amide bonds. The summed E-state index contributed by atoms with van der Waals surface area (Å²) in [4.78, 5) is 8.88. The molecule has 0 aliphatic heterocycles. The highest BCUT2D eigenvalue weighted by atomic mass is 15.0. The number of para-hydroxylation sites is 1. The fraction of sp³-hybridized carbons (Fsp3) is 0.176. The third-order valence-corrected chi connectivity index (χ3v) is 3.47. The van der Waals surface area contributed by atoms with E-state index in [4.69, 9.17) is 5.73 Å². The van der Waals surface area contributed by atoms with E-state index in [0.29, 0.717) is 5.69 Å². The second kappa shape index (κ2) is 5.79. The van der Waals surface area contributed by atoms with E-state index in [1.807, 2.05) is 31.3 Å². The number of hydrogen-bond donors (Lipinski definition) is 2. The monoisotopic (exact) mass is 278 g/mol. The van der Waals surface area contributed by atoms with Gasteiger partial charge in [0, 0.05) is 23.8 Å². The van der Waals surface area contributed by atoms with E-state index in [1.165, 1.54) is 10.9 Å². The Labute approximate surface area is 124 Å². The van der Waals surface area contributed by atoms with Crippen molar-refractivity contribution in [2.24, 2.45) is 0 Å². The van der Waals surface area contributed by atoms with Crippen LogP contribution in [0.1, 0.15) is 11.3 Å². The molecule has 1 aromatic carbocycles. The molecular weight excluding hydrogens is 260 g/mol. The minimum atomic E-state index is 0.677. The van der Waals surface area contributed by atoms with Crippen LogP contribution in [0, 0.1) is 6.92 Å². The summed E-state index contributed by atoms with van der Waals surface area (Å²) in [6, 6.07) is 14.1. The molecule has 0 spiro atoms. The van der Waals surface area contributed by atoms with E-state index in [-0.39, 0.29) is 0 Å². The van der Waals surface area contributed by atoms with Gasteiger partial charge in [0.2, 0.25) is 0 Å². The first-order chi connectivity index (χ1) is 10.2. The first-order valence-electron chi connectivity index (χ1n) is 7.03. The van der Waals surface area contributed by atoms with Gasteiger partial charge in [0.15, 0.2) is 0 Å². The lowest BCUT2D eigenvalue weighted by Gasteiger charge is -2.10. The van der Waals surface area contributed by atoms with Crippen LogP contribution in [0.2, 0.25) is 0 Å². The van der Waals surface area contributed by atoms with Crippen molar-refractivity contribution in [2.45, 2.75) is 13.3 Å². The van der Waals surface area contributed by atoms with Gasteiger partial charge in [-0.1, -0.05) is 24.3 Å². The fourth-order valence-corrected chi connectivity index (χ4v) is 2.39. The lowest BCUT2D eigenvalue weighted by Crippen LogP contribution is -2.09. The second-order valence-electron chi connectivity index (χ2n) is 5.06. The number of aryl methyl sites for hydroxylation is 1. The molecule has 0 unspecified atom stereocenters. The predicted molar refractivity (Wildman–Crippen MR) is 87.3 cm³/mol. The standard InChI is InChI=1S/C17H18N4/c1-12-7-8-15(18)17(21-12)20-11-9-14-5-2-4-13-6-3-10-19-16(13)14/h2-8,10H,9,11,18H2,1H3,(H,20,21). The lowest BCUT2D eigenvalue weighted by atomic mass is 10.1. The Balaban J connectivity index is 1.74. The van der Waals surface area contributed by atoms with Crippen LogP contribution in [0.3, 0.4) is 0 Å². The highest BCUT2D eigenvalue weighted by Gasteiger charge is 2.03. The van der Waals surface area contributed by atoms with Gasteiger partial charge in [0.1, 0.15) is 5.82 Å². The van der Waals surface area contributed by atoms with E-state index in [2.05, 4.69) is 39.6 Å². The molecule has 0 saturated carbocycles. The van der Waals surface area contributed by atoms with Gasteiger partial charge in [-0.3, -0.25) is 4.98 Å². The Morgan fingerprint density at radius 2 is 1.95 bits per heavy atom. The number of nitrogen functional groups attached to an aromatic ring is 1. The van der Waals surface area contributed by atoms with Crippen LogP contribution in [0.5, 0.6) is 0 Å². The number of benzene rings is 1. The summed E-state index contributed by atoms with van der Waals surface area (Å²) in [5, 5.41) is 4.47. The van der Waals surface area contributed by atoms with Crippen LogP contribution in [0.15, 0.2) is 48.7 Å². The summed E-state index contributed by atoms with van der Waals surface area (Å²) in [6.45, 7) is 2.73. The summed E-state index contributed by atoms with van der Waals surface area (Å²) < 4.78 is 0. The van der Waals surface area contributed by atoms with E-state index < -0.39 is 0 Å². The van der Waals surface area contributed by atoms with E-state index in [9.17, 15) is 0 Å². The van der Waals surface area contributed by atoms with Crippen molar-refractivity contribution in [1.82, 2.24) is 9.97 Å². The first kappa shape index (κ1) is 13.4. The Morgan fingerprint density at radius 3 is 2.86 bits per heavy atom. The molecule has 3 N–H and O–H groups in total. The molecule has 0 radical (unpaired) electrons. The van der Waals surface area contributed by atoms with Crippen molar-refractivity contribution >= 4 is 22.4 Å². The maximum absolute atomic E-state index is 5.92. The normalized spacial score (nSPS) is 10.7. The molecule has 3 rings (SSSR count). The molecule has 3 aromatic rings. The molecule has 0 aliphatic rings. The molecule has 0 saturated heterocycles. The summed E-state index contributed by atoms with van der Waals surface area (Å²) in [6.07, 6.45) is 2.71. The van der Waals surface area contributed by atoms with Crippen LogP contribution >= 0.6 is 0 Å². The second-order valence-corrected chi connectivity index (χ2v) is 5.06. The number of pyridine rings is 2. The van der Waals surface area contributed by atoms with Crippen LogP contribution in [0.4, 0.5) is 11.5 Å². The molecular formula is C17H18N4. The van der Waals surface area contributed by atoms with Gasteiger partial charge < -0.3 is 11.1 Å². The van der Waals surface area contributed by atoms with Gasteiger partial charge in [0.25, 0.3) is 0 Å². The first-order valence-corrected chi connectivity index (χ1v) is 7.03. The molecule has 4 heteroatoms. The number of nitrogens with zero attached hydrogens (tertiary/aromatic N) is 2. The SMILES string of the molecule is Cc1ccc(N)c(NCCc2cccc3cccnc23)n1.